The van der Waals surface area contributed by atoms with E-state index in [4.69, 9.17) is 9.47 Å². The van der Waals surface area contributed by atoms with Crippen molar-refractivity contribution in [2.45, 2.75) is 6.61 Å². The van der Waals surface area contributed by atoms with Crippen molar-refractivity contribution in [2.24, 2.45) is 0 Å². The van der Waals surface area contributed by atoms with Crippen LogP contribution in [0.25, 0.3) is 6.08 Å². The van der Waals surface area contributed by atoms with Crippen LogP contribution in [0.4, 0.5) is 4.39 Å². The fourth-order valence-electron chi connectivity index (χ4n) is 1.77. The second-order valence-electron chi connectivity index (χ2n) is 3.96. The summed E-state index contributed by atoms with van der Waals surface area (Å²) < 4.78 is 24.4. The highest BCUT2D eigenvalue weighted by molar-refractivity contribution is 5.61. The van der Waals surface area contributed by atoms with Gasteiger partial charge in [0.05, 0.1) is 7.11 Å². The summed E-state index contributed by atoms with van der Waals surface area (Å²) >= 11 is 0. The van der Waals surface area contributed by atoms with Crippen LogP contribution in [-0.4, -0.2) is 7.11 Å². The van der Waals surface area contributed by atoms with Gasteiger partial charge in [-0.3, -0.25) is 0 Å². The molecule has 0 aliphatic heterocycles. The zero-order valence-corrected chi connectivity index (χ0v) is 10.7. The minimum Gasteiger partial charge on any atom is -0.493 e. The Hall–Kier alpha value is -2.29. The average Bonchev–Trinajstić information content (AvgIpc) is 2.46. The maximum atomic E-state index is 13.5. The molecule has 2 rings (SSSR count). The summed E-state index contributed by atoms with van der Waals surface area (Å²) in [6.45, 7) is 3.88. The van der Waals surface area contributed by atoms with Crippen LogP contribution in [0, 0.1) is 5.82 Å². The molecular weight excluding hydrogens is 243 g/mol. The highest BCUT2D eigenvalue weighted by Gasteiger charge is 2.09. The molecule has 98 valence electrons. The molecule has 2 aromatic carbocycles. The molecule has 0 saturated heterocycles. The van der Waals surface area contributed by atoms with Gasteiger partial charge in [-0.2, -0.15) is 0 Å². The van der Waals surface area contributed by atoms with Gasteiger partial charge >= 0.3 is 0 Å². The van der Waals surface area contributed by atoms with Crippen LogP contribution in [0.15, 0.2) is 49.0 Å². The lowest BCUT2D eigenvalue weighted by Crippen LogP contribution is -2.01. The Morgan fingerprint density at radius 2 is 1.95 bits per heavy atom. The van der Waals surface area contributed by atoms with Crippen LogP contribution >= 0.6 is 0 Å². The van der Waals surface area contributed by atoms with E-state index in [1.807, 2.05) is 12.1 Å². The van der Waals surface area contributed by atoms with E-state index in [0.717, 1.165) is 5.56 Å². The highest BCUT2D eigenvalue weighted by atomic mass is 19.1. The number of hydrogen-bond donors (Lipinski definition) is 0. The van der Waals surface area contributed by atoms with Crippen molar-refractivity contribution in [3.8, 4) is 11.5 Å². The topological polar surface area (TPSA) is 18.5 Å². The SMILES string of the molecule is C=Cc1cccc(OC)c1OCc1ccccc1F. The van der Waals surface area contributed by atoms with Gasteiger partial charge in [-0.15, -0.1) is 0 Å². The molecule has 0 heterocycles. The van der Waals surface area contributed by atoms with Crippen molar-refractivity contribution < 1.29 is 13.9 Å². The fourth-order valence-corrected chi connectivity index (χ4v) is 1.77. The summed E-state index contributed by atoms with van der Waals surface area (Å²) in [6, 6.07) is 12.0. The van der Waals surface area contributed by atoms with E-state index in [0.29, 0.717) is 17.1 Å². The van der Waals surface area contributed by atoms with Crippen molar-refractivity contribution in [1.29, 1.82) is 0 Å². The average molecular weight is 258 g/mol. The van der Waals surface area contributed by atoms with Gasteiger partial charge in [-0.25, -0.2) is 4.39 Å². The van der Waals surface area contributed by atoms with Crippen LogP contribution < -0.4 is 9.47 Å². The molecule has 19 heavy (non-hydrogen) atoms. The van der Waals surface area contributed by atoms with Crippen LogP contribution in [0.3, 0.4) is 0 Å². The number of para-hydroxylation sites is 1. The Morgan fingerprint density at radius 3 is 2.63 bits per heavy atom. The molecule has 0 unspecified atom stereocenters. The third-order valence-corrected chi connectivity index (χ3v) is 2.78. The zero-order chi connectivity index (χ0) is 13.7. The number of rotatable bonds is 5. The Labute approximate surface area is 112 Å². The normalized spacial score (nSPS) is 10.0. The standard InChI is InChI=1S/C16H15FO2/c1-3-12-8-6-10-15(18-2)16(12)19-11-13-7-4-5-9-14(13)17/h3-10H,1,11H2,2H3. The maximum absolute atomic E-state index is 13.5. The van der Waals surface area contributed by atoms with Gasteiger partial charge in [0.2, 0.25) is 0 Å². The second kappa shape index (κ2) is 6.05. The van der Waals surface area contributed by atoms with E-state index in [1.54, 1.807) is 37.5 Å². The molecule has 0 aliphatic rings. The first kappa shape index (κ1) is 13.1. The predicted octanol–water partition coefficient (Wildman–Crippen LogP) is 4.06. The summed E-state index contributed by atoms with van der Waals surface area (Å²) in [7, 11) is 1.57. The molecule has 0 radical (unpaired) electrons. The van der Waals surface area contributed by atoms with Gasteiger partial charge in [0, 0.05) is 11.1 Å². The molecule has 0 spiro atoms. The van der Waals surface area contributed by atoms with Gasteiger partial charge < -0.3 is 9.47 Å². The van der Waals surface area contributed by atoms with Gasteiger partial charge in [-0.1, -0.05) is 43.0 Å². The highest BCUT2D eigenvalue weighted by Crippen LogP contribution is 2.32. The van der Waals surface area contributed by atoms with Gasteiger partial charge in [0.25, 0.3) is 0 Å². The van der Waals surface area contributed by atoms with Crippen molar-refractivity contribution in [3.63, 3.8) is 0 Å². The molecule has 0 aromatic heterocycles. The largest absolute Gasteiger partial charge is 0.493 e. The molecule has 3 heteroatoms. The number of ether oxygens (including phenoxy) is 2. The molecule has 0 atom stereocenters. The summed E-state index contributed by atoms with van der Waals surface area (Å²) in [6.07, 6.45) is 1.68. The first-order valence-electron chi connectivity index (χ1n) is 5.92. The van der Waals surface area contributed by atoms with Crippen molar-refractivity contribution in [1.82, 2.24) is 0 Å². The monoisotopic (exact) mass is 258 g/mol. The first-order chi connectivity index (χ1) is 9.26. The molecule has 0 fully saturated rings. The van der Waals surface area contributed by atoms with Crippen LogP contribution in [0.1, 0.15) is 11.1 Å². The molecule has 2 aromatic rings. The van der Waals surface area contributed by atoms with E-state index >= 15 is 0 Å². The summed E-state index contributed by atoms with van der Waals surface area (Å²) in [5.74, 6) is 0.898. The lowest BCUT2D eigenvalue weighted by molar-refractivity contribution is 0.279. The molecule has 0 N–H and O–H groups in total. The van der Waals surface area contributed by atoms with Gasteiger partial charge in [0.1, 0.15) is 12.4 Å². The van der Waals surface area contributed by atoms with Gasteiger partial charge in [-0.05, 0) is 12.1 Å². The Bertz CT molecular complexity index is 579. The number of hydrogen-bond acceptors (Lipinski definition) is 2. The Balaban J connectivity index is 2.24. The van der Waals surface area contributed by atoms with Gasteiger partial charge in [0.15, 0.2) is 11.5 Å². The minimum absolute atomic E-state index is 0.147. The Morgan fingerprint density at radius 1 is 1.16 bits per heavy atom. The van der Waals surface area contributed by atoms with Crippen molar-refractivity contribution in [2.75, 3.05) is 7.11 Å². The van der Waals surface area contributed by atoms with Crippen LogP contribution in [-0.2, 0) is 6.61 Å². The van der Waals surface area contributed by atoms with E-state index in [1.165, 1.54) is 6.07 Å². The first-order valence-corrected chi connectivity index (χ1v) is 5.92. The quantitative estimate of drug-likeness (QED) is 0.805. The fraction of sp³-hybridized carbons (Fsp3) is 0.125. The van der Waals surface area contributed by atoms with Crippen molar-refractivity contribution >= 4 is 6.08 Å². The molecule has 0 amide bonds. The molecule has 2 nitrogen and oxygen atoms in total. The molecule has 0 bridgehead atoms. The number of methoxy groups -OCH3 is 1. The zero-order valence-electron chi connectivity index (χ0n) is 10.7. The smallest absolute Gasteiger partial charge is 0.168 e. The van der Waals surface area contributed by atoms with E-state index < -0.39 is 0 Å². The lowest BCUT2D eigenvalue weighted by Gasteiger charge is -2.13. The second-order valence-corrected chi connectivity index (χ2v) is 3.96. The molecule has 0 saturated carbocycles. The summed E-state index contributed by atoms with van der Waals surface area (Å²) in [4.78, 5) is 0. The van der Waals surface area contributed by atoms with E-state index in [-0.39, 0.29) is 12.4 Å². The number of halogens is 1. The minimum atomic E-state index is -0.280. The number of benzene rings is 2. The molecular formula is C16H15FO2. The van der Waals surface area contributed by atoms with Crippen molar-refractivity contribution in [3.05, 3.63) is 66.0 Å². The summed E-state index contributed by atoms with van der Waals surface area (Å²) in [5.41, 5.74) is 1.32. The third kappa shape index (κ3) is 2.94. The van der Waals surface area contributed by atoms with E-state index in [2.05, 4.69) is 6.58 Å². The van der Waals surface area contributed by atoms with Crippen LogP contribution in [0.2, 0.25) is 0 Å². The predicted molar refractivity (Wildman–Crippen MR) is 73.8 cm³/mol. The van der Waals surface area contributed by atoms with E-state index in [9.17, 15) is 4.39 Å². The summed E-state index contributed by atoms with van der Waals surface area (Å²) in [5, 5.41) is 0. The maximum Gasteiger partial charge on any atom is 0.168 e. The lowest BCUT2D eigenvalue weighted by atomic mass is 10.2. The van der Waals surface area contributed by atoms with Crippen LogP contribution in [0.5, 0.6) is 11.5 Å². The molecule has 0 aliphatic carbocycles. The third-order valence-electron chi connectivity index (χ3n) is 2.78. The Kier molecular flexibility index (Phi) is 4.18.